The van der Waals surface area contributed by atoms with E-state index in [0.717, 1.165) is 70.5 Å². The van der Waals surface area contributed by atoms with Crippen LogP contribution in [0.3, 0.4) is 0 Å². The van der Waals surface area contributed by atoms with E-state index in [-0.39, 0.29) is 11.7 Å². The summed E-state index contributed by atoms with van der Waals surface area (Å²) in [5.41, 5.74) is 3.82. The lowest BCUT2D eigenvalue weighted by atomic mass is 9.85. The van der Waals surface area contributed by atoms with Crippen molar-refractivity contribution in [3.05, 3.63) is 35.4 Å². The molecule has 162 valence electrons. The van der Waals surface area contributed by atoms with Gasteiger partial charge in [0.2, 0.25) is 0 Å². The average Bonchev–Trinajstić information content (AvgIpc) is 2.74. The molecule has 2 aliphatic rings. The zero-order valence-electron chi connectivity index (χ0n) is 18.4. The number of oxime groups is 1. The summed E-state index contributed by atoms with van der Waals surface area (Å²) in [6, 6.07) is 9.52. The van der Waals surface area contributed by atoms with Gasteiger partial charge in [0.25, 0.3) is 0 Å². The number of benzene rings is 1. The summed E-state index contributed by atoms with van der Waals surface area (Å²) in [4.78, 5) is 2.54. The first kappa shape index (κ1) is 22.3. The number of likely N-dealkylation sites (tertiary alicyclic amines) is 1. The van der Waals surface area contributed by atoms with Crippen LogP contribution in [0.25, 0.3) is 0 Å². The molecule has 3 rings (SSSR count). The minimum absolute atomic E-state index is 0.00780. The van der Waals surface area contributed by atoms with E-state index in [2.05, 4.69) is 55.1 Å². The average molecular weight is 403 g/mol. The topological polar surface area (TPSA) is 54.3 Å². The Labute approximate surface area is 176 Å². The smallest absolute Gasteiger partial charge is 0.157 e. The third kappa shape index (κ3) is 6.53. The molecule has 2 aliphatic heterocycles. The van der Waals surface area contributed by atoms with Gasteiger partial charge in [-0.05, 0) is 48.6 Å². The Morgan fingerprint density at radius 3 is 2.48 bits per heavy atom. The van der Waals surface area contributed by atoms with E-state index in [9.17, 15) is 0 Å². The predicted molar refractivity (Wildman–Crippen MR) is 117 cm³/mol. The maximum Gasteiger partial charge on any atom is 0.157 e. The molecule has 2 fully saturated rings. The highest BCUT2D eigenvalue weighted by molar-refractivity contribution is 5.84. The Hall–Kier alpha value is -1.43. The molecular weight excluding hydrogens is 364 g/mol. The fraction of sp³-hybridized carbons (Fsp3) is 0.708. The van der Waals surface area contributed by atoms with Crippen molar-refractivity contribution in [3.63, 3.8) is 0 Å². The Morgan fingerprint density at radius 1 is 1.17 bits per heavy atom. The molecule has 1 aromatic rings. The van der Waals surface area contributed by atoms with Crippen LogP contribution in [0.15, 0.2) is 29.4 Å². The lowest BCUT2D eigenvalue weighted by Crippen LogP contribution is -2.37. The van der Waals surface area contributed by atoms with Crippen molar-refractivity contribution >= 4 is 5.71 Å². The third-order valence-corrected chi connectivity index (χ3v) is 6.18. The van der Waals surface area contributed by atoms with Gasteiger partial charge in [0, 0.05) is 45.2 Å². The number of hydrogen-bond donors (Lipinski definition) is 1. The molecule has 0 saturated carbocycles. The van der Waals surface area contributed by atoms with Gasteiger partial charge in [-0.15, -0.1) is 0 Å². The van der Waals surface area contributed by atoms with Crippen LogP contribution < -0.4 is 0 Å². The molecule has 0 aliphatic carbocycles. The van der Waals surface area contributed by atoms with Crippen molar-refractivity contribution in [2.24, 2.45) is 5.16 Å². The zero-order chi connectivity index (χ0) is 20.7. The fourth-order valence-corrected chi connectivity index (χ4v) is 4.29. The van der Waals surface area contributed by atoms with Gasteiger partial charge in [0.05, 0.1) is 5.71 Å². The van der Waals surface area contributed by atoms with Gasteiger partial charge in [-0.3, -0.25) is 4.90 Å². The predicted octanol–water partition coefficient (Wildman–Crippen LogP) is 5.27. The normalized spacial score (nSPS) is 22.4. The first-order chi connectivity index (χ1) is 14.0. The van der Waals surface area contributed by atoms with Crippen molar-refractivity contribution < 1.29 is 14.7 Å². The molecule has 5 nitrogen and oxygen atoms in total. The van der Waals surface area contributed by atoms with Gasteiger partial charge in [-0.25, -0.2) is 0 Å². The maximum absolute atomic E-state index is 9.08. The van der Waals surface area contributed by atoms with Gasteiger partial charge in [0.15, 0.2) is 6.29 Å². The summed E-state index contributed by atoms with van der Waals surface area (Å²) in [6.45, 7) is 10.2. The molecule has 0 radical (unpaired) electrons. The molecule has 2 heterocycles. The summed E-state index contributed by atoms with van der Waals surface area (Å²) in [6.07, 6.45) is 7.14. The van der Waals surface area contributed by atoms with Crippen molar-refractivity contribution in [3.8, 4) is 0 Å². The fourth-order valence-electron chi connectivity index (χ4n) is 4.29. The highest BCUT2D eigenvalue weighted by atomic mass is 16.7. The van der Waals surface area contributed by atoms with Gasteiger partial charge < -0.3 is 14.7 Å². The maximum atomic E-state index is 9.08. The van der Waals surface area contributed by atoms with Crippen molar-refractivity contribution in [1.29, 1.82) is 0 Å². The SMILES string of the molecule is CC(C)(C)c1ccc(C(CCCOC2CCCCO2)N2CCC(=NO)CC2)cc1. The quantitative estimate of drug-likeness (QED) is 0.383. The molecule has 5 heteroatoms. The van der Waals surface area contributed by atoms with E-state index in [1.165, 1.54) is 17.5 Å². The van der Waals surface area contributed by atoms with E-state index < -0.39 is 0 Å². The molecule has 0 aromatic heterocycles. The summed E-state index contributed by atoms with van der Waals surface area (Å²) < 4.78 is 11.6. The van der Waals surface area contributed by atoms with Crippen LogP contribution in [0.5, 0.6) is 0 Å². The number of hydrogen-bond acceptors (Lipinski definition) is 5. The number of ether oxygens (including phenoxy) is 2. The largest absolute Gasteiger partial charge is 0.411 e. The molecule has 2 unspecified atom stereocenters. The first-order valence-corrected chi connectivity index (χ1v) is 11.2. The lowest BCUT2D eigenvalue weighted by molar-refractivity contribution is -0.163. The Balaban J connectivity index is 1.61. The molecule has 0 spiro atoms. The van der Waals surface area contributed by atoms with E-state index in [1.54, 1.807) is 0 Å². The molecule has 1 N–H and O–H groups in total. The van der Waals surface area contributed by atoms with E-state index in [1.807, 2.05) is 0 Å². The Kier molecular flexibility index (Phi) is 8.10. The van der Waals surface area contributed by atoms with Crippen LogP contribution >= 0.6 is 0 Å². The van der Waals surface area contributed by atoms with Gasteiger partial charge in [-0.2, -0.15) is 0 Å². The monoisotopic (exact) mass is 402 g/mol. The van der Waals surface area contributed by atoms with Crippen LogP contribution in [0.1, 0.15) is 82.9 Å². The summed E-state index contributed by atoms with van der Waals surface area (Å²) in [5, 5.41) is 12.5. The second-order valence-corrected chi connectivity index (χ2v) is 9.40. The molecule has 29 heavy (non-hydrogen) atoms. The second kappa shape index (κ2) is 10.6. The van der Waals surface area contributed by atoms with E-state index in [0.29, 0.717) is 6.04 Å². The van der Waals surface area contributed by atoms with Crippen LogP contribution in [0, 0.1) is 0 Å². The number of rotatable bonds is 7. The zero-order valence-corrected chi connectivity index (χ0v) is 18.4. The summed E-state index contributed by atoms with van der Waals surface area (Å²) in [5.74, 6) is 0. The van der Waals surface area contributed by atoms with Crippen molar-refractivity contribution in [1.82, 2.24) is 4.90 Å². The third-order valence-electron chi connectivity index (χ3n) is 6.18. The molecule has 0 bridgehead atoms. The van der Waals surface area contributed by atoms with Crippen molar-refractivity contribution in [2.75, 3.05) is 26.3 Å². The highest BCUT2D eigenvalue weighted by Gasteiger charge is 2.25. The van der Waals surface area contributed by atoms with Gasteiger partial charge in [0.1, 0.15) is 0 Å². The highest BCUT2D eigenvalue weighted by Crippen LogP contribution is 2.31. The van der Waals surface area contributed by atoms with E-state index in [4.69, 9.17) is 14.7 Å². The molecule has 1 aromatic carbocycles. The number of nitrogens with zero attached hydrogens (tertiary/aromatic N) is 2. The first-order valence-electron chi connectivity index (χ1n) is 11.2. The van der Waals surface area contributed by atoms with Gasteiger partial charge >= 0.3 is 0 Å². The lowest BCUT2D eigenvalue weighted by Gasteiger charge is -2.35. The van der Waals surface area contributed by atoms with Gasteiger partial charge in [-0.1, -0.05) is 50.2 Å². The molecule has 0 amide bonds. The summed E-state index contributed by atoms with van der Waals surface area (Å²) >= 11 is 0. The minimum Gasteiger partial charge on any atom is -0.411 e. The van der Waals surface area contributed by atoms with Crippen LogP contribution in [-0.2, 0) is 14.9 Å². The Bertz CT molecular complexity index is 635. The standard InChI is InChI=1S/C24H38N2O3/c1-24(2,3)20-11-9-19(10-12-20)22(26-15-13-21(25-27)14-16-26)7-6-18-29-23-8-4-5-17-28-23/h9-12,22-23,27H,4-8,13-18H2,1-3H3. The molecule has 2 saturated heterocycles. The molecule has 2 atom stereocenters. The molecular formula is C24H38N2O3. The van der Waals surface area contributed by atoms with Crippen LogP contribution in [0.2, 0.25) is 0 Å². The Morgan fingerprint density at radius 2 is 1.90 bits per heavy atom. The minimum atomic E-state index is -0.00780. The van der Waals surface area contributed by atoms with Crippen LogP contribution in [-0.4, -0.2) is 48.4 Å². The van der Waals surface area contributed by atoms with Crippen LogP contribution in [0.4, 0.5) is 0 Å². The summed E-state index contributed by atoms with van der Waals surface area (Å²) in [7, 11) is 0. The second-order valence-electron chi connectivity index (χ2n) is 9.40. The van der Waals surface area contributed by atoms with E-state index >= 15 is 0 Å². The van der Waals surface area contributed by atoms with Crippen molar-refractivity contribution in [2.45, 2.75) is 83.5 Å². The number of piperidine rings is 1.